The van der Waals surface area contributed by atoms with Gasteiger partial charge in [-0.2, -0.15) is 5.10 Å². The molecule has 0 aliphatic carbocycles. The number of hydrogen-bond acceptors (Lipinski definition) is 7. The Labute approximate surface area is 219 Å². The highest BCUT2D eigenvalue weighted by molar-refractivity contribution is 6.34. The molecule has 5 aromatic rings. The topological polar surface area (TPSA) is 128 Å². The van der Waals surface area contributed by atoms with Gasteiger partial charge in [-0.3, -0.25) is 9.59 Å². The number of carbonyl (C=O) groups excluding carboxylic acids is 2. The number of halogens is 1. The summed E-state index contributed by atoms with van der Waals surface area (Å²) < 4.78 is 21.8. The Balaban J connectivity index is 1.49. The van der Waals surface area contributed by atoms with Gasteiger partial charge in [-0.25, -0.2) is 28.7 Å². The van der Waals surface area contributed by atoms with Gasteiger partial charge in [0.1, 0.15) is 23.3 Å². The number of imide groups is 1. The lowest BCUT2D eigenvalue weighted by Gasteiger charge is -2.22. The molecule has 1 aliphatic rings. The van der Waals surface area contributed by atoms with Crippen molar-refractivity contribution in [3.05, 3.63) is 107 Å². The highest BCUT2D eigenvalue weighted by Crippen LogP contribution is 2.38. The molecule has 0 saturated heterocycles. The van der Waals surface area contributed by atoms with Crippen molar-refractivity contribution < 1.29 is 28.6 Å². The quantitative estimate of drug-likeness (QED) is 0.320. The van der Waals surface area contributed by atoms with Crippen molar-refractivity contribution in [2.45, 2.75) is 13.0 Å². The van der Waals surface area contributed by atoms with Crippen LogP contribution in [0.15, 0.2) is 79.1 Å². The molecular weight excluding hydrogens is 505 g/mol. The van der Waals surface area contributed by atoms with Crippen LogP contribution in [0.3, 0.4) is 0 Å². The molecule has 0 saturated carbocycles. The largest absolute Gasteiger partial charge is 0.480 e. The lowest BCUT2D eigenvalue weighted by atomic mass is 10.1. The second kappa shape index (κ2) is 9.14. The molecule has 192 valence electrons. The first-order valence-corrected chi connectivity index (χ1v) is 11.8. The summed E-state index contributed by atoms with van der Waals surface area (Å²) in [7, 11) is 0. The molecule has 0 bridgehead atoms. The van der Waals surface area contributed by atoms with Crippen LogP contribution in [0.2, 0.25) is 0 Å². The summed E-state index contributed by atoms with van der Waals surface area (Å²) in [6.45, 7) is 1.63. The van der Waals surface area contributed by atoms with E-state index in [4.69, 9.17) is 4.74 Å². The number of ether oxygens (including phenoxy) is 1. The summed E-state index contributed by atoms with van der Waals surface area (Å²) >= 11 is 0. The minimum Gasteiger partial charge on any atom is -0.480 e. The Kier molecular flexibility index (Phi) is 5.60. The monoisotopic (exact) mass is 523 g/mol. The summed E-state index contributed by atoms with van der Waals surface area (Å²) in [6.07, 6.45) is 2.31. The molecule has 2 amide bonds. The first-order valence-electron chi connectivity index (χ1n) is 11.8. The molecule has 1 aliphatic heterocycles. The molecule has 0 spiro atoms. The predicted octanol–water partition coefficient (Wildman–Crippen LogP) is 4.59. The highest BCUT2D eigenvalue weighted by Gasteiger charge is 2.39. The molecule has 39 heavy (non-hydrogen) atoms. The van der Waals surface area contributed by atoms with Gasteiger partial charge in [0.05, 0.1) is 22.3 Å². The predicted molar refractivity (Wildman–Crippen MR) is 137 cm³/mol. The minimum absolute atomic E-state index is 0.00375. The second-order valence-corrected chi connectivity index (χ2v) is 8.76. The number of aromatic carboxylic acids is 1. The average Bonchev–Trinajstić information content (AvgIpc) is 3.55. The minimum atomic E-state index is -1.23. The smallest absolute Gasteiger partial charge is 0.354 e. The van der Waals surface area contributed by atoms with Crippen LogP contribution in [0.25, 0.3) is 16.6 Å². The Morgan fingerprint density at radius 1 is 0.974 bits per heavy atom. The van der Waals surface area contributed by atoms with Crippen LogP contribution in [0, 0.1) is 5.82 Å². The van der Waals surface area contributed by atoms with E-state index < -0.39 is 29.7 Å². The van der Waals surface area contributed by atoms with Gasteiger partial charge in [0, 0.05) is 17.8 Å². The zero-order chi connectivity index (χ0) is 27.3. The number of carboxylic acids is 1. The van der Waals surface area contributed by atoms with Gasteiger partial charge in [-0.1, -0.05) is 12.1 Å². The van der Waals surface area contributed by atoms with E-state index in [1.54, 1.807) is 55.7 Å². The van der Waals surface area contributed by atoms with Crippen LogP contribution < -0.4 is 9.64 Å². The van der Waals surface area contributed by atoms with Gasteiger partial charge in [-0.05, 0) is 61.5 Å². The summed E-state index contributed by atoms with van der Waals surface area (Å²) in [6, 6.07) is 16.4. The van der Waals surface area contributed by atoms with Crippen molar-refractivity contribution >= 4 is 34.5 Å². The third kappa shape index (κ3) is 4.06. The number of nitrogens with zero attached hydrogens (tertiary/aromatic N) is 5. The Morgan fingerprint density at radius 2 is 1.72 bits per heavy atom. The fraction of sp³-hybridized carbons (Fsp3) is 0.0714. The van der Waals surface area contributed by atoms with E-state index in [9.17, 15) is 23.9 Å². The Bertz CT molecular complexity index is 1770. The maximum absolute atomic E-state index is 14.1. The number of anilines is 1. The lowest BCUT2D eigenvalue weighted by molar-refractivity contribution is 0.0688. The number of carboxylic acid groups (broad SMARTS) is 1. The van der Waals surface area contributed by atoms with E-state index >= 15 is 0 Å². The molecule has 11 heteroatoms. The number of amides is 2. The molecule has 1 atom stereocenters. The Morgan fingerprint density at radius 3 is 2.38 bits per heavy atom. The normalized spacial score (nSPS) is 13.5. The third-order valence-corrected chi connectivity index (χ3v) is 6.29. The number of pyridine rings is 2. The van der Waals surface area contributed by atoms with Crippen LogP contribution in [0.1, 0.15) is 49.9 Å². The third-order valence-electron chi connectivity index (χ3n) is 6.29. The van der Waals surface area contributed by atoms with Crippen molar-refractivity contribution in [2.24, 2.45) is 0 Å². The highest BCUT2D eigenvalue weighted by atomic mass is 19.1. The molecule has 2 aromatic carbocycles. The standard InChI is InChI=1S/C28H18FN5O5/c1-15(24-22(33-12-4-11-30-33)10-9-21(31-24)28(37)38)39-23-14-16-13-17(29)7-8-20(16)32-25(23)34-26(35)18-5-2-3-6-19(18)27(34)36/h2-15H,1H3,(H,37,38). The van der Waals surface area contributed by atoms with Crippen molar-refractivity contribution in [3.63, 3.8) is 0 Å². The number of fused-ring (bicyclic) bond motifs is 2. The van der Waals surface area contributed by atoms with Crippen molar-refractivity contribution in [1.29, 1.82) is 0 Å². The van der Waals surface area contributed by atoms with Crippen LogP contribution in [0.4, 0.5) is 10.2 Å². The molecule has 6 rings (SSSR count). The van der Waals surface area contributed by atoms with E-state index in [2.05, 4.69) is 15.1 Å². The van der Waals surface area contributed by atoms with E-state index in [0.717, 1.165) is 4.90 Å². The molecule has 10 nitrogen and oxygen atoms in total. The molecule has 3 aromatic heterocycles. The van der Waals surface area contributed by atoms with Gasteiger partial charge >= 0.3 is 5.97 Å². The Hall–Kier alpha value is -5.45. The van der Waals surface area contributed by atoms with Crippen LogP contribution in [-0.4, -0.2) is 42.6 Å². The zero-order valence-corrected chi connectivity index (χ0v) is 20.3. The van der Waals surface area contributed by atoms with E-state index in [1.807, 2.05) is 0 Å². The first kappa shape index (κ1) is 23.9. The van der Waals surface area contributed by atoms with Crippen molar-refractivity contribution in [3.8, 4) is 11.4 Å². The number of benzene rings is 2. The SMILES string of the molecule is CC(Oc1cc2cc(F)ccc2nc1N1C(=O)c2ccccc2C1=O)c1nc(C(=O)O)ccc1-n1cccn1. The molecule has 0 fully saturated rings. The molecule has 1 N–H and O–H groups in total. The fourth-order valence-corrected chi connectivity index (χ4v) is 4.48. The molecule has 1 unspecified atom stereocenters. The van der Waals surface area contributed by atoms with Gasteiger partial charge in [0.15, 0.2) is 11.6 Å². The number of rotatable bonds is 6. The average molecular weight is 523 g/mol. The summed E-state index contributed by atoms with van der Waals surface area (Å²) in [4.78, 5) is 48.0. The number of carbonyl (C=O) groups is 3. The van der Waals surface area contributed by atoms with Crippen molar-refractivity contribution in [1.82, 2.24) is 19.7 Å². The van der Waals surface area contributed by atoms with Crippen LogP contribution in [0.5, 0.6) is 5.75 Å². The van der Waals surface area contributed by atoms with Gasteiger partial charge in [0.25, 0.3) is 11.8 Å². The van der Waals surface area contributed by atoms with Crippen LogP contribution in [-0.2, 0) is 0 Å². The molecule has 0 radical (unpaired) electrons. The van der Waals surface area contributed by atoms with Gasteiger partial charge < -0.3 is 9.84 Å². The molecular formula is C28H18FN5O5. The molecule has 4 heterocycles. The fourth-order valence-electron chi connectivity index (χ4n) is 4.48. The first-order chi connectivity index (χ1) is 18.8. The van der Waals surface area contributed by atoms with E-state index in [-0.39, 0.29) is 34.1 Å². The van der Waals surface area contributed by atoms with Crippen LogP contribution >= 0.6 is 0 Å². The summed E-state index contributed by atoms with van der Waals surface area (Å²) in [5, 5.41) is 14.1. The van der Waals surface area contributed by atoms with E-state index in [1.165, 1.54) is 35.0 Å². The van der Waals surface area contributed by atoms with E-state index in [0.29, 0.717) is 16.6 Å². The van der Waals surface area contributed by atoms with Gasteiger partial charge in [-0.15, -0.1) is 0 Å². The zero-order valence-electron chi connectivity index (χ0n) is 20.3. The summed E-state index contributed by atoms with van der Waals surface area (Å²) in [5.74, 6) is -2.97. The van der Waals surface area contributed by atoms with Gasteiger partial charge in [0.2, 0.25) is 0 Å². The maximum atomic E-state index is 14.1. The summed E-state index contributed by atoms with van der Waals surface area (Å²) in [5.41, 5.74) is 1.26. The number of hydrogen-bond donors (Lipinski definition) is 1. The lowest BCUT2D eigenvalue weighted by Crippen LogP contribution is -2.31. The number of aromatic nitrogens is 4. The second-order valence-electron chi connectivity index (χ2n) is 8.76. The van der Waals surface area contributed by atoms with Crippen molar-refractivity contribution in [2.75, 3.05) is 4.90 Å². The maximum Gasteiger partial charge on any atom is 0.354 e.